The molecule has 0 radical (unpaired) electrons. The van der Waals surface area contributed by atoms with Gasteiger partial charge < -0.3 is 19.7 Å². The van der Waals surface area contributed by atoms with Crippen LogP contribution in [0.15, 0.2) is 23.0 Å². The number of fused-ring (bicyclic) bond motifs is 1. The molecular weight excluding hydrogens is 396 g/mol. The van der Waals surface area contributed by atoms with Crippen LogP contribution in [0, 0.1) is 11.8 Å². The summed E-state index contributed by atoms with van der Waals surface area (Å²) in [6.45, 7) is 2.40. The van der Waals surface area contributed by atoms with Crippen LogP contribution in [0.3, 0.4) is 0 Å². The highest BCUT2D eigenvalue weighted by Gasteiger charge is 2.25. The fourth-order valence-corrected chi connectivity index (χ4v) is 4.05. The van der Waals surface area contributed by atoms with Gasteiger partial charge in [0, 0.05) is 33.6 Å². The number of aldehydes is 1. The molecular formula is C23H30N4O4. The summed E-state index contributed by atoms with van der Waals surface area (Å²) in [5.74, 6) is 5.89. The van der Waals surface area contributed by atoms with E-state index < -0.39 is 6.04 Å². The first-order valence-corrected chi connectivity index (χ1v) is 10.6. The Morgan fingerprint density at radius 1 is 1.32 bits per heavy atom. The largest absolute Gasteiger partial charge is 0.365 e. The summed E-state index contributed by atoms with van der Waals surface area (Å²) in [4.78, 5) is 38.6. The van der Waals surface area contributed by atoms with Gasteiger partial charge in [0.05, 0.1) is 22.7 Å². The molecule has 0 spiro atoms. The molecule has 1 aliphatic heterocycles. The third-order valence-electron chi connectivity index (χ3n) is 5.80. The topological polar surface area (TPSA) is 85.6 Å². The van der Waals surface area contributed by atoms with Crippen molar-refractivity contribution in [3.05, 3.63) is 34.2 Å². The molecule has 0 saturated carbocycles. The fourth-order valence-electron chi connectivity index (χ4n) is 4.05. The molecule has 1 fully saturated rings. The quantitative estimate of drug-likeness (QED) is 0.529. The highest BCUT2D eigenvalue weighted by molar-refractivity contribution is 5.87. The van der Waals surface area contributed by atoms with Crippen LogP contribution < -0.4 is 11.0 Å². The molecule has 1 amide bonds. The summed E-state index contributed by atoms with van der Waals surface area (Å²) in [5.41, 5.74) is 1.68. The standard InChI is InChI=1S/C23H30N4O4/c1-24-22(29)20(10-5-15-28)27-19-9-4-7-17(21(19)26(3)23(27)30)8-6-16-31-18-11-13-25(2)14-12-18/h4,7,9,15,18,20H,5,10-14,16H2,1-3H3,(H,24,29). The van der Waals surface area contributed by atoms with Gasteiger partial charge in [-0.3, -0.25) is 13.9 Å². The number of amides is 1. The molecule has 2 aromatic rings. The average Bonchev–Trinajstić information content (AvgIpc) is 3.03. The van der Waals surface area contributed by atoms with Crippen LogP contribution in [0.1, 0.15) is 37.3 Å². The number of aromatic nitrogens is 2. The normalized spacial score (nSPS) is 16.0. The molecule has 1 atom stereocenters. The van der Waals surface area contributed by atoms with E-state index in [1.165, 1.54) is 16.2 Å². The molecule has 166 valence electrons. The number of aryl methyl sites for hydroxylation is 1. The van der Waals surface area contributed by atoms with Gasteiger partial charge in [-0.1, -0.05) is 17.9 Å². The Balaban J connectivity index is 1.88. The predicted molar refractivity (Wildman–Crippen MR) is 119 cm³/mol. The molecule has 2 heterocycles. The van der Waals surface area contributed by atoms with Crippen molar-refractivity contribution in [1.82, 2.24) is 19.4 Å². The van der Waals surface area contributed by atoms with E-state index in [2.05, 4.69) is 29.1 Å². The van der Waals surface area contributed by atoms with Gasteiger partial charge in [0.25, 0.3) is 0 Å². The second kappa shape index (κ2) is 10.4. The number of benzene rings is 1. The second-order valence-electron chi connectivity index (χ2n) is 7.87. The van der Waals surface area contributed by atoms with Gasteiger partial charge >= 0.3 is 5.69 Å². The minimum Gasteiger partial charge on any atom is -0.365 e. The van der Waals surface area contributed by atoms with E-state index in [0.29, 0.717) is 23.2 Å². The number of carbonyl (C=O) groups excluding carboxylic acids is 2. The van der Waals surface area contributed by atoms with Crippen molar-refractivity contribution >= 4 is 23.2 Å². The van der Waals surface area contributed by atoms with Crippen molar-refractivity contribution in [2.75, 3.05) is 33.8 Å². The lowest BCUT2D eigenvalue weighted by Gasteiger charge is -2.28. The van der Waals surface area contributed by atoms with Crippen LogP contribution in [-0.2, 0) is 21.4 Å². The van der Waals surface area contributed by atoms with Gasteiger partial charge in [0.2, 0.25) is 5.91 Å². The summed E-state index contributed by atoms with van der Waals surface area (Å²) in [6.07, 6.45) is 3.45. The number of para-hydroxylation sites is 1. The summed E-state index contributed by atoms with van der Waals surface area (Å²) >= 11 is 0. The van der Waals surface area contributed by atoms with Gasteiger partial charge in [-0.25, -0.2) is 4.79 Å². The maximum Gasteiger partial charge on any atom is 0.329 e. The third kappa shape index (κ3) is 5.06. The van der Waals surface area contributed by atoms with Gasteiger partial charge in [-0.15, -0.1) is 0 Å². The molecule has 1 aromatic heterocycles. The maximum atomic E-state index is 13.0. The number of piperidine rings is 1. The first-order valence-electron chi connectivity index (χ1n) is 10.6. The van der Waals surface area contributed by atoms with Crippen LogP contribution >= 0.6 is 0 Å². The van der Waals surface area contributed by atoms with Gasteiger partial charge in [0.1, 0.15) is 18.9 Å². The van der Waals surface area contributed by atoms with Crippen LogP contribution in [0.25, 0.3) is 11.0 Å². The Bertz CT molecular complexity index is 1050. The van der Waals surface area contributed by atoms with Crippen molar-refractivity contribution in [2.24, 2.45) is 7.05 Å². The van der Waals surface area contributed by atoms with Gasteiger partial charge in [0.15, 0.2) is 0 Å². The van der Waals surface area contributed by atoms with Crippen molar-refractivity contribution in [3.63, 3.8) is 0 Å². The average molecular weight is 427 g/mol. The Labute approximate surface area is 182 Å². The Hall–Kier alpha value is -2.89. The summed E-state index contributed by atoms with van der Waals surface area (Å²) in [5, 5.41) is 2.59. The highest BCUT2D eigenvalue weighted by atomic mass is 16.5. The number of hydrogen-bond donors (Lipinski definition) is 1. The zero-order valence-electron chi connectivity index (χ0n) is 18.4. The lowest BCUT2D eigenvalue weighted by atomic mass is 10.1. The number of rotatable bonds is 7. The van der Waals surface area contributed by atoms with Gasteiger partial charge in [-0.05, 0) is 38.4 Å². The van der Waals surface area contributed by atoms with E-state index in [-0.39, 0.29) is 30.5 Å². The monoisotopic (exact) mass is 426 g/mol. The molecule has 31 heavy (non-hydrogen) atoms. The summed E-state index contributed by atoms with van der Waals surface area (Å²) in [6, 6.07) is 4.71. The minimum atomic E-state index is -0.762. The zero-order valence-corrected chi connectivity index (χ0v) is 18.4. The molecule has 1 N–H and O–H groups in total. The third-order valence-corrected chi connectivity index (χ3v) is 5.80. The van der Waals surface area contributed by atoms with Crippen molar-refractivity contribution < 1.29 is 14.3 Å². The van der Waals surface area contributed by atoms with E-state index in [4.69, 9.17) is 4.74 Å². The highest BCUT2D eigenvalue weighted by Crippen LogP contribution is 2.22. The molecule has 3 rings (SSSR count). The lowest BCUT2D eigenvalue weighted by molar-refractivity contribution is -0.124. The number of carbonyl (C=O) groups is 2. The van der Waals surface area contributed by atoms with E-state index in [1.807, 2.05) is 12.1 Å². The number of nitrogens with one attached hydrogen (secondary N) is 1. The van der Waals surface area contributed by atoms with Crippen molar-refractivity contribution in [3.8, 4) is 11.8 Å². The number of likely N-dealkylation sites (N-methyl/N-ethyl adjacent to an activating group) is 1. The van der Waals surface area contributed by atoms with E-state index in [9.17, 15) is 14.4 Å². The Kier molecular flexibility index (Phi) is 7.66. The van der Waals surface area contributed by atoms with Crippen molar-refractivity contribution in [2.45, 2.75) is 37.8 Å². The van der Waals surface area contributed by atoms with E-state index >= 15 is 0 Å². The molecule has 8 nitrogen and oxygen atoms in total. The molecule has 1 saturated heterocycles. The first-order chi connectivity index (χ1) is 15.0. The zero-order chi connectivity index (χ0) is 22.4. The molecule has 8 heteroatoms. The van der Waals surface area contributed by atoms with Crippen LogP contribution in [-0.4, -0.2) is 66.1 Å². The van der Waals surface area contributed by atoms with Crippen LogP contribution in [0.5, 0.6) is 0 Å². The first kappa shape index (κ1) is 22.8. The number of ether oxygens (including phenoxy) is 1. The SMILES string of the molecule is CNC(=O)C(CCC=O)n1c(=O)n(C)c2c(C#CCOC3CCN(C)CC3)cccc21. The summed E-state index contributed by atoms with van der Waals surface area (Å²) < 4.78 is 8.86. The second-order valence-corrected chi connectivity index (χ2v) is 7.87. The molecule has 1 unspecified atom stereocenters. The predicted octanol–water partition coefficient (Wildman–Crippen LogP) is 1.07. The minimum absolute atomic E-state index is 0.189. The summed E-state index contributed by atoms with van der Waals surface area (Å²) in [7, 11) is 5.30. The van der Waals surface area contributed by atoms with Crippen LogP contribution in [0.2, 0.25) is 0 Å². The number of nitrogens with zero attached hydrogens (tertiary/aromatic N) is 3. The molecule has 0 bridgehead atoms. The Morgan fingerprint density at radius 3 is 2.74 bits per heavy atom. The molecule has 1 aromatic carbocycles. The van der Waals surface area contributed by atoms with Crippen LogP contribution in [0.4, 0.5) is 0 Å². The van der Waals surface area contributed by atoms with Gasteiger partial charge in [-0.2, -0.15) is 0 Å². The molecule has 0 aliphatic carbocycles. The number of hydrogen-bond acceptors (Lipinski definition) is 5. The molecule has 1 aliphatic rings. The maximum absolute atomic E-state index is 13.0. The van der Waals surface area contributed by atoms with E-state index in [1.54, 1.807) is 13.1 Å². The van der Waals surface area contributed by atoms with E-state index in [0.717, 1.165) is 32.2 Å². The van der Waals surface area contributed by atoms with Crippen molar-refractivity contribution in [1.29, 1.82) is 0 Å². The fraction of sp³-hybridized carbons (Fsp3) is 0.522. The number of imidazole rings is 1. The smallest absolute Gasteiger partial charge is 0.329 e. The Morgan fingerprint density at radius 2 is 2.06 bits per heavy atom. The lowest BCUT2D eigenvalue weighted by Crippen LogP contribution is -2.36. The number of likely N-dealkylation sites (tertiary alicyclic amines) is 1.